The number of rotatable bonds is 4. The van der Waals surface area contributed by atoms with Gasteiger partial charge in [-0.2, -0.15) is 0 Å². The van der Waals surface area contributed by atoms with Crippen LogP contribution in [0, 0.1) is 0 Å². The van der Waals surface area contributed by atoms with Crippen molar-refractivity contribution in [1.82, 2.24) is 19.5 Å². The van der Waals surface area contributed by atoms with Gasteiger partial charge in [-0.25, -0.2) is 0 Å². The van der Waals surface area contributed by atoms with Gasteiger partial charge in [-0.15, -0.1) is 10.2 Å². The van der Waals surface area contributed by atoms with Crippen LogP contribution in [0.1, 0.15) is 24.7 Å². The summed E-state index contributed by atoms with van der Waals surface area (Å²) in [6.07, 6.45) is 3.69. The highest BCUT2D eigenvalue weighted by molar-refractivity contribution is 6.42. The van der Waals surface area contributed by atoms with Gasteiger partial charge in [0.15, 0.2) is 18.1 Å². The zero-order valence-corrected chi connectivity index (χ0v) is 15.3. The van der Waals surface area contributed by atoms with Gasteiger partial charge in [-0.05, 0) is 37.1 Å². The molecule has 0 aliphatic carbocycles. The van der Waals surface area contributed by atoms with Crippen LogP contribution >= 0.6 is 23.2 Å². The lowest BCUT2D eigenvalue weighted by Gasteiger charge is -2.23. The number of carbonyl (C=O) groups excluding carboxylic acids is 1. The first-order valence-electron chi connectivity index (χ1n) is 8.30. The van der Waals surface area contributed by atoms with Crippen molar-refractivity contribution < 1.29 is 9.53 Å². The van der Waals surface area contributed by atoms with E-state index in [1.54, 1.807) is 23.1 Å². The van der Waals surface area contributed by atoms with E-state index in [1.165, 1.54) is 0 Å². The number of carbonyl (C=O) groups is 1. The molecule has 134 valence electrons. The second-order valence-electron chi connectivity index (χ2n) is 6.10. The molecule has 0 saturated carbocycles. The van der Waals surface area contributed by atoms with Crippen molar-refractivity contribution in [3.05, 3.63) is 58.5 Å². The third kappa shape index (κ3) is 3.22. The number of ether oxygens (including phenoxy) is 1. The van der Waals surface area contributed by atoms with E-state index in [0.717, 1.165) is 24.3 Å². The van der Waals surface area contributed by atoms with E-state index in [0.29, 0.717) is 22.3 Å². The summed E-state index contributed by atoms with van der Waals surface area (Å²) in [6, 6.07) is 10.6. The first-order chi connectivity index (χ1) is 12.6. The minimum atomic E-state index is -0.0997. The van der Waals surface area contributed by atoms with E-state index in [2.05, 4.69) is 10.2 Å². The highest BCUT2D eigenvalue weighted by Gasteiger charge is 2.33. The molecule has 1 amide bonds. The molecule has 8 heteroatoms. The molecule has 1 saturated heterocycles. The molecule has 26 heavy (non-hydrogen) atoms. The van der Waals surface area contributed by atoms with E-state index in [1.807, 2.05) is 28.8 Å². The average molecular weight is 391 g/mol. The fourth-order valence-electron chi connectivity index (χ4n) is 3.22. The molecular weight excluding hydrogens is 375 g/mol. The summed E-state index contributed by atoms with van der Waals surface area (Å²) in [7, 11) is 0. The molecule has 0 N–H and O–H groups in total. The number of pyridine rings is 1. The molecule has 0 radical (unpaired) electrons. The van der Waals surface area contributed by atoms with Gasteiger partial charge in [-0.1, -0.05) is 29.3 Å². The lowest BCUT2D eigenvalue weighted by molar-refractivity contribution is -0.134. The molecule has 4 rings (SSSR count). The van der Waals surface area contributed by atoms with Gasteiger partial charge in [0.05, 0.1) is 16.1 Å². The molecule has 1 atom stereocenters. The fourth-order valence-corrected chi connectivity index (χ4v) is 3.50. The second kappa shape index (κ2) is 7.13. The van der Waals surface area contributed by atoms with Crippen LogP contribution in [0.15, 0.2) is 42.6 Å². The topological polar surface area (TPSA) is 59.7 Å². The highest BCUT2D eigenvalue weighted by Crippen LogP contribution is 2.31. The van der Waals surface area contributed by atoms with Crippen LogP contribution in [0.4, 0.5) is 0 Å². The van der Waals surface area contributed by atoms with Crippen molar-refractivity contribution in [2.24, 2.45) is 0 Å². The summed E-state index contributed by atoms with van der Waals surface area (Å²) in [5.41, 5.74) is 0.772. The molecule has 1 aliphatic rings. The van der Waals surface area contributed by atoms with Crippen molar-refractivity contribution in [2.75, 3.05) is 13.2 Å². The second-order valence-corrected chi connectivity index (χ2v) is 6.91. The van der Waals surface area contributed by atoms with Gasteiger partial charge in [0.2, 0.25) is 0 Å². The van der Waals surface area contributed by atoms with Crippen LogP contribution in [0.25, 0.3) is 5.65 Å². The predicted octanol–water partition coefficient (Wildman–Crippen LogP) is 3.78. The summed E-state index contributed by atoms with van der Waals surface area (Å²) in [5.74, 6) is 1.20. The number of aromatic nitrogens is 3. The standard InChI is InChI=1S/C18H16Cl2N4O2/c19-13-7-6-12(10-14(13)20)26-11-17(25)23-9-3-4-15(23)18-22-21-16-5-1-2-8-24(16)18/h1-2,5-8,10,15H,3-4,9,11H2. The van der Waals surface area contributed by atoms with Crippen LogP contribution in [0.2, 0.25) is 10.0 Å². The maximum absolute atomic E-state index is 12.7. The Bertz CT molecular complexity index is 959. The Morgan fingerprint density at radius 3 is 2.92 bits per heavy atom. The average Bonchev–Trinajstić information content (AvgIpc) is 3.28. The molecular formula is C18H16Cl2N4O2. The first-order valence-corrected chi connectivity index (χ1v) is 9.06. The molecule has 1 aromatic carbocycles. The van der Waals surface area contributed by atoms with E-state index in [-0.39, 0.29) is 18.6 Å². The van der Waals surface area contributed by atoms with Crippen LogP contribution in [0.3, 0.4) is 0 Å². The number of fused-ring (bicyclic) bond motifs is 1. The minimum absolute atomic E-state index is 0.0643. The summed E-state index contributed by atoms with van der Waals surface area (Å²) >= 11 is 11.9. The molecule has 0 bridgehead atoms. The number of hydrogen-bond acceptors (Lipinski definition) is 4. The number of likely N-dealkylation sites (tertiary alicyclic amines) is 1. The maximum Gasteiger partial charge on any atom is 0.261 e. The third-order valence-electron chi connectivity index (χ3n) is 4.46. The van der Waals surface area contributed by atoms with Gasteiger partial charge in [0, 0.05) is 18.8 Å². The van der Waals surface area contributed by atoms with E-state index < -0.39 is 0 Å². The Kier molecular flexibility index (Phi) is 4.70. The van der Waals surface area contributed by atoms with E-state index in [4.69, 9.17) is 27.9 Å². The minimum Gasteiger partial charge on any atom is -0.484 e. The van der Waals surface area contributed by atoms with Crippen LogP contribution in [0.5, 0.6) is 5.75 Å². The Hall–Kier alpha value is -2.31. The van der Waals surface area contributed by atoms with Crippen molar-refractivity contribution >= 4 is 34.8 Å². The molecule has 2 aromatic heterocycles. The van der Waals surface area contributed by atoms with Gasteiger partial charge in [0.1, 0.15) is 5.75 Å². The number of amides is 1. The van der Waals surface area contributed by atoms with Crippen molar-refractivity contribution in [3.63, 3.8) is 0 Å². The molecule has 3 aromatic rings. The van der Waals surface area contributed by atoms with Crippen LogP contribution in [-0.2, 0) is 4.79 Å². The van der Waals surface area contributed by atoms with E-state index >= 15 is 0 Å². The van der Waals surface area contributed by atoms with Crippen molar-refractivity contribution in [2.45, 2.75) is 18.9 Å². The monoisotopic (exact) mass is 390 g/mol. The largest absolute Gasteiger partial charge is 0.484 e. The zero-order valence-electron chi connectivity index (χ0n) is 13.8. The van der Waals surface area contributed by atoms with Gasteiger partial charge < -0.3 is 9.64 Å². The normalized spacial score (nSPS) is 17.0. The van der Waals surface area contributed by atoms with Gasteiger partial charge in [-0.3, -0.25) is 9.20 Å². The number of hydrogen-bond donors (Lipinski definition) is 0. The van der Waals surface area contributed by atoms with Crippen molar-refractivity contribution in [3.8, 4) is 5.75 Å². The summed E-state index contributed by atoms with van der Waals surface area (Å²) < 4.78 is 7.52. The van der Waals surface area contributed by atoms with Crippen LogP contribution < -0.4 is 4.74 Å². The summed E-state index contributed by atoms with van der Waals surface area (Å²) in [5, 5.41) is 9.32. The molecule has 1 fully saturated rings. The predicted molar refractivity (Wildman–Crippen MR) is 98.6 cm³/mol. The van der Waals surface area contributed by atoms with Crippen molar-refractivity contribution in [1.29, 1.82) is 0 Å². The molecule has 3 heterocycles. The summed E-state index contributed by atoms with van der Waals surface area (Å²) in [6.45, 7) is 0.612. The fraction of sp³-hybridized carbons (Fsp3) is 0.278. The highest BCUT2D eigenvalue weighted by atomic mass is 35.5. The van der Waals surface area contributed by atoms with Gasteiger partial charge >= 0.3 is 0 Å². The summed E-state index contributed by atoms with van der Waals surface area (Å²) in [4.78, 5) is 14.5. The smallest absolute Gasteiger partial charge is 0.261 e. The quantitative estimate of drug-likeness (QED) is 0.679. The lowest BCUT2D eigenvalue weighted by atomic mass is 10.2. The molecule has 1 aliphatic heterocycles. The first kappa shape index (κ1) is 17.1. The van der Waals surface area contributed by atoms with Crippen LogP contribution in [-0.4, -0.2) is 38.6 Å². The number of halogens is 2. The Balaban J connectivity index is 1.49. The molecule has 1 unspecified atom stereocenters. The Labute approximate surface area is 160 Å². The molecule has 0 spiro atoms. The number of nitrogens with zero attached hydrogens (tertiary/aromatic N) is 4. The zero-order chi connectivity index (χ0) is 18.1. The third-order valence-corrected chi connectivity index (χ3v) is 5.20. The maximum atomic E-state index is 12.7. The lowest BCUT2D eigenvalue weighted by Crippen LogP contribution is -2.35. The van der Waals surface area contributed by atoms with Gasteiger partial charge in [0.25, 0.3) is 5.91 Å². The van der Waals surface area contributed by atoms with E-state index in [9.17, 15) is 4.79 Å². The number of benzene rings is 1. The Morgan fingerprint density at radius 1 is 1.19 bits per heavy atom. The molecule has 6 nitrogen and oxygen atoms in total. The Morgan fingerprint density at radius 2 is 2.08 bits per heavy atom. The SMILES string of the molecule is O=C(COc1ccc(Cl)c(Cl)c1)N1CCCC1c1nnc2ccccn12.